The molecule has 1 heterocycles. The second kappa shape index (κ2) is 7.98. The highest BCUT2D eigenvalue weighted by Crippen LogP contribution is 2.21. The number of amides is 1. The molecular formula is C16H20N2OS. The Hall–Kier alpha value is -1.44. The Morgan fingerprint density at radius 3 is 2.65 bits per heavy atom. The molecule has 1 aliphatic rings. The second-order valence-electron chi connectivity index (χ2n) is 4.85. The van der Waals surface area contributed by atoms with Crippen LogP contribution in [0.15, 0.2) is 24.3 Å². The molecule has 106 valence electrons. The smallest absolute Gasteiger partial charge is 0.251 e. The minimum absolute atomic E-state index is 0.00144. The maximum absolute atomic E-state index is 12.0. The lowest BCUT2D eigenvalue weighted by Gasteiger charge is -2.21. The summed E-state index contributed by atoms with van der Waals surface area (Å²) in [5, 5.41) is 3.03. The van der Waals surface area contributed by atoms with Crippen molar-refractivity contribution >= 4 is 17.7 Å². The van der Waals surface area contributed by atoms with Crippen molar-refractivity contribution in [3.63, 3.8) is 0 Å². The van der Waals surface area contributed by atoms with E-state index in [1.54, 1.807) is 0 Å². The molecule has 0 atom stereocenters. The number of carbonyl (C=O) groups is 1. The predicted molar refractivity (Wildman–Crippen MR) is 84.8 cm³/mol. The van der Waals surface area contributed by atoms with Gasteiger partial charge in [-0.05, 0) is 54.5 Å². The minimum Gasteiger partial charge on any atom is -0.352 e. The third kappa shape index (κ3) is 4.59. The molecule has 3 nitrogen and oxygen atoms in total. The van der Waals surface area contributed by atoms with Gasteiger partial charge in [0.1, 0.15) is 0 Å². The van der Waals surface area contributed by atoms with Crippen molar-refractivity contribution in [1.82, 2.24) is 5.32 Å². The van der Waals surface area contributed by atoms with Gasteiger partial charge in [-0.2, -0.15) is 11.8 Å². The summed E-state index contributed by atoms with van der Waals surface area (Å²) in [5.41, 5.74) is 6.90. The van der Waals surface area contributed by atoms with Crippen molar-refractivity contribution in [3.8, 4) is 11.8 Å². The quantitative estimate of drug-likeness (QED) is 0.835. The minimum atomic E-state index is 0.00144. The number of benzene rings is 1. The predicted octanol–water partition coefficient (Wildman–Crippen LogP) is 1.87. The van der Waals surface area contributed by atoms with Gasteiger partial charge < -0.3 is 11.1 Å². The van der Waals surface area contributed by atoms with Crippen molar-refractivity contribution in [2.24, 2.45) is 11.7 Å². The fourth-order valence-corrected chi connectivity index (χ4v) is 3.35. The van der Waals surface area contributed by atoms with E-state index < -0.39 is 0 Å². The molecule has 1 aromatic rings. The van der Waals surface area contributed by atoms with E-state index in [1.165, 1.54) is 24.3 Å². The summed E-state index contributed by atoms with van der Waals surface area (Å²) in [5.74, 6) is 8.81. The number of rotatable bonds is 3. The fourth-order valence-electron chi connectivity index (χ4n) is 2.15. The van der Waals surface area contributed by atoms with E-state index in [0.717, 1.165) is 12.1 Å². The number of carbonyl (C=O) groups excluding carboxylic acids is 1. The van der Waals surface area contributed by atoms with Crippen molar-refractivity contribution < 1.29 is 4.79 Å². The van der Waals surface area contributed by atoms with Crippen LogP contribution < -0.4 is 11.1 Å². The van der Waals surface area contributed by atoms with Crippen LogP contribution in [0.5, 0.6) is 0 Å². The highest BCUT2D eigenvalue weighted by molar-refractivity contribution is 7.99. The molecule has 1 aromatic carbocycles. The summed E-state index contributed by atoms with van der Waals surface area (Å²) < 4.78 is 0. The number of nitrogens with one attached hydrogen (secondary N) is 1. The lowest BCUT2D eigenvalue weighted by molar-refractivity contribution is 0.0946. The Balaban J connectivity index is 1.85. The van der Waals surface area contributed by atoms with Crippen LogP contribution in [-0.2, 0) is 0 Å². The maximum atomic E-state index is 12.0. The van der Waals surface area contributed by atoms with Gasteiger partial charge in [-0.3, -0.25) is 4.79 Å². The molecule has 1 aliphatic heterocycles. The van der Waals surface area contributed by atoms with Crippen molar-refractivity contribution in [1.29, 1.82) is 0 Å². The Morgan fingerprint density at radius 2 is 2.00 bits per heavy atom. The molecule has 2 rings (SSSR count). The van der Waals surface area contributed by atoms with Crippen LogP contribution in [0.2, 0.25) is 0 Å². The Morgan fingerprint density at radius 1 is 1.30 bits per heavy atom. The lowest BCUT2D eigenvalue weighted by atomic mass is 10.0. The van der Waals surface area contributed by atoms with Crippen LogP contribution in [0, 0.1) is 17.8 Å². The molecule has 0 aliphatic carbocycles. The zero-order valence-electron chi connectivity index (χ0n) is 11.5. The molecule has 1 fully saturated rings. The summed E-state index contributed by atoms with van der Waals surface area (Å²) >= 11 is 2.00. The highest BCUT2D eigenvalue weighted by atomic mass is 32.2. The molecule has 0 saturated carbocycles. The molecule has 20 heavy (non-hydrogen) atoms. The van der Waals surface area contributed by atoms with Gasteiger partial charge in [0.25, 0.3) is 5.91 Å². The van der Waals surface area contributed by atoms with Gasteiger partial charge in [-0.15, -0.1) is 0 Å². The summed E-state index contributed by atoms with van der Waals surface area (Å²) in [6.45, 7) is 1.13. The zero-order chi connectivity index (χ0) is 14.2. The normalized spacial score (nSPS) is 15.2. The summed E-state index contributed by atoms with van der Waals surface area (Å²) in [6.07, 6.45) is 2.41. The first-order valence-corrected chi connectivity index (χ1v) is 8.10. The van der Waals surface area contributed by atoms with Crippen LogP contribution in [-0.4, -0.2) is 30.5 Å². The van der Waals surface area contributed by atoms with Gasteiger partial charge in [0.05, 0.1) is 6.54 Å². The van der Waals surface area contributed by atoms with Crippen molar-refractivity contribution in [3.05, 3.63) is 35.4 Å². The number of hydrogen-bond donors (Lipinski definition) is 2. The van der Waals surface area contributed by atoms with E-state index in [0.29, 0.717) is 18.0 Å². The largest absolute Gasteiger partial charge is 0.352 e. The van der Waals surface area contributed by atoms with E-state index >= 15 is 0 Å². The molecular weight excluding hydrogens is 268 g/mol. The molecule has 4 heteroatoms. The number of thioether (sulfide) groups is 1. The molecule has 0 aromatic heterocycles. The molecule has 1 amide bonds. The first kappa shape index (κ1) is 15.0. The summed E-state index contributed by atoms with van der Waals surface area (Å²) in [4.78, 5) is 12.0. The van der Waals surface area contributed by atoms with E-state index in [1.807, 2.05) is 36.0 Å². The molecule has 0 spiro atoms. The van der Waals surface area contributed by atoms with Gasteiger partial charge in [0.2, 0.25) is 0 Å². The van der Waals surface area contributed by atoms with E-state index in [-0.39, 0.29) is 5.91 Å². The molecule has 3 N–H and O–H groups in total. The van der Waals surface area contributed by atoms with Crippen molar-refractivity contribution in [2.45, 2.75) is 12.8 Å². The van der Waals surface area contributed by atoms with Crippen LogP contribution in [0.4, 0.5) is 0 Å². The van der Waals surface area contributed by atoms with Gasteiger partial charge in [-0.25, -0.2) is 0 Å². The molecule has 0 unspecified atom stereocenters. The van der Waals surface area contributed by atoms with Crippen LogP contribution in [0.3, 0.4) is 0 Å². The van der Waals surface area contributed by atoms with Crippen LogP contribution in [0.25, 0.3) is 0 Å². The average molecular weight is 288 g/mol. The summed E-state index contributed by atoms with van der Waals surface area (Å²) in [6, 6.07) is 7.34. The number of nitrogens with two attached hydrogens (primary N) is 1. The highest BCUT2D eigenvalue weighted by Gasteiger charge is 2.14. The fraction of sp³-hybridized carbons (Fsp3) is 0.438. The average Bonchev–Trinajstić information content (AvgIpc) is 2.52. The Kier molecular flexibility index (Phi) is 5.97. The molecule has 0 radical (unpaired) electrons. The SMILES string of the molecule is NCC#Cc1ccc(C(=O)NCC2CCSCC2)cc1. The Bertz CT molecular complexity index is 495. The molecule has 0 bridgehead atoms. The van der Waals surface area contributed by atoms with Gasteiger partial charge >= 0.3 is 0 Å². The standard InChI is InChI=1S/C16H20N2OS/c17-9-1-2-13-3-5-15(6-4-13)16(19)18-12-14-7-10-20-11-8-14/h3-6,14H,7-12,17H2,(H,18,19). The third-order valence-corrected chi connectivity index (χ3v) is 4.42. The van der Waals surface area contributed by atoms with E-state index in [4.69, 9.17) is 5.73 Å². The first-order valence-electron chi connectivity index (χ1n) is 6.94. The monoisotopic (exact) mass is 288 g/mol. The number of hydrogen-bond acceptors (Lipinski definition) is 3. The van der Waals surface area contributed by atoms with E-state index in [2.05, 4.69) is 17.2 Å². The lowest BCUT2D eigenvalue weighted by Crippen LogP contribution is -2.30. The van der Waals surface area contributed by atoms with Crippen LogP contribution in [0.1, 0.15) is 28.8 Å². The van der Waals surface area contributed by atoms with Crippen molar-refractivity contribution in [2.75, 3.05) is 24.6 Å². The van der Waals surface area contributed by atoms with E-state index in [9.17, 15) is 4.79 Å². The second-order valence-corrected chi connectivity index (χ2v) is 6.07. The first-order chi connectivity index (χ1) is 9.79. The zero-order valence-corrected chi connectivity index (χ0v) is 12.3. The van der Waals surface area contributed by atoms with Gasteiger partial charge in [-0.1, -0.05) is 11.8 Å². The Labute approximate surface area is 124 Å². The third-order valence-electron chi connectivity index (χ3n) is 3.37. The topological polar surface area (TPSA) is 55.1 Å². The maximum Gasteiger partial charge on any atom is 0.251 e. The van der Waals surface area contributed by atoms with Crippen LogP contribution >= 0.6 is 11.8 Å². The summed E-state index contributed by atoms with van der Waals surface area (Å²) in [7, 11) is 0. The molecule has 1 saturated heterocycles. The van der Waals surface area contributed by atoms with Gasteiger partial charge in [0, 0.05) is 17.7 Å². The van der Waals surface area contributed by atoms with Gasteiger partial charge in [0.15, 0.2) is 0 Å².